The van der Waals surface area contributed by atoms with Crippen LogP contribution in [0.5, 0.6) is 0 Å². The van der Waals surface area contributed by atoms with Crippen molar-refractivity contribution in [2.24, 2.45) is 5.73 Å². The fraction of sp³-hybridized carbons (Fsp3) is 0.273. The van der Waals surface area contributed by atoms with Crippen molar-refractivity contribution >= 4 is 0 Å². The fourth-order valence-corrected chi connectivity index (χ4v) is 1.53. The molecular weight excluding hydrogens is 188 g/mol. The van der Waals surface area contributed by atoms with Gasteiger partial charge in [-0.05, 0) is 18.6 Å². The van der Waals surface area contributed by atoms with Crippen molar-refractivity contribution in [1.29, 1.82) is 0 Å². The van der Waals surface area contributed by atoms with Gasteiger partial charge in [-0.25, -0.2) is 4.98 Å². The summed E-state index contributed by atoms with van der Waals surface area (Å²) in [5.41, 5.74) is 8.03. The minimum Gasteiger partial charge on any atom is -0.329 e. The van der Waals surface area contributed by atoms with Gasteiger partial charge in [0.15, 0.2) is 0 Å². The van der Waals surface area contributed by atoms with Gasteiger partial charge in [-0.1, -0.05) is 6.07 Å². The van der Waals surface area contributed by atoms with Crippen molar-refractivity contribution in [2.75, 3.05) is 0 Å². The second-order valence-electron chi connectivity index (χ2n) is 3.60. The number of imidazole rings is 1. The lowest BCUT2D eigenvalue weighted by Crippen LogP contribution is -2.12. The molecule has 4 heteroatoms. The lowest BCUT2D eigenvalue weighted by Gasteiger charge is -2.10. The standard InChI is InChI=1S/C11H14N4/c1-9(12)11-6-14-8-15(11)7-10-3-2-4-13-5-10/h2-6,8-9H,7,12H2,1H3/t9-/m1/s1. The molecule has 2 aromatic heterocycles. The second kappa shape index (κ2) is 4.23. The van der Waals surface area contributed by atoms with Crippen LogP contribution in [0.15, 0.2) is 37.1 Å². The quantitative estimate of drug-likeness (QED) is 0.817. The maximum Gasteiger partial charge on any atom is 0.0951 e. The van der Waals surface area contributed by atoms with E-state index in [1.165, 1.54) is 0 Å². The Labute approximate surface area is 88.8 Å². The average molecular weight is 202 g/mol. The number of nitrogens with zero attached hydrogens (tertiary/aromatic N) is 3. The van der Waals surface area contributed by atoms with Crippen molar-refractivity contribution in [1.82, 2.24) is 14.5 Å². The van der Waals surface area contributed by atoms with Crippen LogP contribution in [-0.4, -0.2) is 14.5 Å². The van der Waals surface area contributed by atoms with Gasteiger partial charge in [-0.3, -0.25) is 4.98 Å². The van der Waals surface area contributed by atoms with E-state index >= 15 is 0 Å². The summed E-state index contributed by atoms with van der Waals surface area (Å²) >= 11 is 0. The third kappa shape index (κ3) is 2.22. The Morgan fingerprint density at radius 2 is 2.27 bits per heavy atom. The van der Waals surface area contributed by atoms with E-state index in [4.69, 9.17) is 5.73 Å². The van der Waals surface area contributed by atoms with Gasteiger partial charge in [-0.2, -0.15) is 0 Å². The van der Waals surface area contributed by atoms with E-state index in [1.54, 1.807) is 18.7 Å². The minimum atomic E-state index is 0.00386. The van der Waals surface area contributed by atoms with Crippen LogP contribution in [0.2, 0.25) is 0 Å². The molecule has 0 spiro atoms. The largest absolute Gasteiger partial charge is 0.329 e. The van der Waals surface area contributed by atoms with Crippen molar-refractivity contribution in [3.05, 3.63) is 48.3 Å². The molecule has 2 N–H and O–H groups in total. The molecule has 2 rings (SSSR count). The van der Waals surface area contributed by atoms with Crippen molar-refractivity contribution in [3.8, 4) is 0 Å². The highest BCUT2D eigenvalue weighted by Crippen LogP contribution is 2.10. The van der Waals surface area contributed by atoms with E-state index in [-0.39, 0.29) is 6.04 Å². The lowest BCUT2D eigenvalue weighted by molar-refractivity contribution is 0.673. The molecule has 78 valence electrons. The number of aromatic nitrogens is 3. The summed E-state index contributed by atoms with van der Waals surface area (Å²) in [6, 6.07) is 3.97. The molecule has 0 saturated heterocycles. The van der Waals surface area contributed by atoms with Gasteiger partial charge < -0.3 is 10.3 Å². The first-order chi connectivity index (χ1) is 7.27. The van der Waals surface area contributed by atoms with Gasteiger partial charge in [0, 0.05) is 24.6 Å². The van der Waals surface area contributed by atoms with Crippen LogP contribution in [0.1, 0.15) is 24.2 Å². The Morgan fingerprint density at radius 1 is 1.40 bits per heavy atom. The monoisotopic (exact) mass is 202 g/mol. The van der Waals surface area contributed by atoms with Crippen molar-refractivity contribution < 1.29 is 0 Å². The van der Waals surface area contributed by atoms with Crippen LogP contribution in [-0.2, 0) is 6.54 Å². The van der Waals surface area contributed by atoms with E-state index in [0.717, 1.165) is 17.8 Å². The summed E-state index contributed by atoms with van der Waals surface area (Å²) in [5, 5.41) is 0. The molecule has 0 fully saturated rings. The van der Waals surface area contributed by atoms with Gasteiger partial charge in [0.1, 0.15) is 0 Å². The minimum absolute atomic E-state index is 0.00386. The normalized spacial score (nSPS) is 12.7. The molecule has 0 aliphatic carbocycles. The van der Waals surface area contributed by atoms with E-state index in [1.807, 2.05) is 29.8 Å². The Morgan fingerprint density at radius 3 is 2.93 bits per heavy atom. The number of pyridine rings is 1. The number of hydrogen-bond donors (Lipinski definition) is 1. The van der Waals surface area contributed by atoms with E-state index in [2.05, 4.69) is 9.97 Å². The first-order valence-corrected chi connectivity index (χ1v) is 4.92. The maximum atomic E-state index is 5.84. The average Bonchev–Trinajstić information content (AvgIpc) is 2.67. The van der Waals surface area contributed by atoms with Crippen LogP contribution in [0.4, 0.5) is 0 Å². The Kier molecular flexibility index (Phi) is 2.78. The predicted octanol–water partition coefficient (Wildman–Crippen LogP) is 1.35. The summed E-state index contributed by atoms with van der Waals surface area (Å²) in [4.78, 5) is 8.18. The molecule has 2 heterocycles. The number of rotatable bonds is 3. The molecule has 4 nitrogen and oxygen atoms in total. The highest BCUT2D eigenvalue weighted by atomic mass is 15.1. The molecule has 2 aromatic rings. The van der Waals surface area contributed by atoms with E-state index in [9.17, 15) is 0 Å². The molecular formula is C11H14N4. The SMILES string of the molecule is C[C@@H](N)c1cncn1Cc1cccnc1. The summed E-state index contributed by atoms with van der Waals surface area (Å²) < 4.78 is 2.04. The van der Waals surface area contributed by atoms with Crippen LogP contribution in [0, 0.1) is 0 Å². The van der Waals surface area contributed by atoms with Crippen molar-refractivity contribution in [3.63, 3.8) is 0 Å². The second-order valence-corrected chi connectivity index (χ2v) is 3.60. The Hall–Kier alpha value is -1.68. The molecule has 0 unspecified atom stereocenters. The first kappa shape index (κ1) is 9.86. The summed E-state index contributed by atoms with van der Waals surface area (Å²) in [7, 11) is 0. The number of nitrogens with two attached hydrogens (primary N) is 1. The fourth-order valence-electron chi connectivity index (χ4n) is 1.53. The summed E-state index contributed by atoms with van der Waals surface area (Å²) in [5.74, 6) is 0. The van der Waals surface area contributed by atoms with Crippen LogP contribution in [0.25, 0.3) is 0 Å². The van der Waals surface area contributed by atoms with E-state index < -0.39 is 0 Å². The molecule has 0 aliphatic heterocycles. The molecule has 15 heavy (non-hydrogen) atoms. The maximum absolute atomic E-state index is 5.84. The molecule has 1 atom stereocenters. The zero-order chi connectivity index (χ0) is 10.7. The highest BCUT2D eigenvalue weighted by molar-refractivity contribution is 5.12. The molecule has 0 amide bonds. The molecule has 0 saturated carbocycles. The lowest BCUT2D eigenvalue weighted by atomic mass is 10.2. The van der Waals surface area contributed by atoms with Crippen LogP contribution >= 0.6 is 0 Å². The van der Waals surface area contributed by atoms with Gasteiger partial charge in [0.2, 0.25) is 0 Å². The van der Waals surface area contributed by atoms with Crippen LogP contribution < -0.4 is 5.73 Å². The summed E-state index contributed by atoms with van der Waals surface area (Å²) in [6.45, 7) is 2.72. The zero-order valence-corrected chi connectivity index (χ0v) is 8.67. The third-order valence-electron chi connectivity index (χ3n) is 2.29. The molecule has 0 bridgehead atoms. The molecule has 0 aliphatic rings. The predicted molar refractivity (Wildman–Crippen MR) is 58.2 cm³/mol. The zero-order valence-electron chi connectivity index (χ0n) is 8.67. The van der Waals surface area contributed by atoms with Gasteiger partial charge in [-0.15, -0.1) is 0 Å². The molecule has 0 aromatic carbocycles. The van der Waals surface area contributed by atoms with Crippen molar-refractivity contribution in [2.45, 2.75) is 19.5 Å². The van der Waals surface area contributed by atoms with Gasteiger partial charge in [0.25, 0.3) is 0 Å². The highest BCUT2D eigenvalue weighted by Gasteiger charge is 2.06. The van der Waals surface area contributed by atoms with E-state index in [0.29, 0.717) is 0 Å². The Balaban J connectivity index is 2.21. The first-order valence-electron chi connectivity index (χ1n) is 4.92. The third-order valence-corrected chi connectivity index (χ3v) is 2.29. The van der Waals surface area contributed by atoms with Gasteiger partial charge >= 0.3 is 0 Å². The summed E-state index contributed by atoms with van der Waals surface area (Å²) in [6.07, 6.45) is 7.22. The smallest absolute Gasteiger partial charge is 0.0951 e. The van der Waals surface area contributed by atoms with Gasteiger partial charge in [0.05, 0.1) is 18.6 Å². The Bertz CT molecular complexity index is 419. The number of hydrogen-bond acceptors (Lipinski definition) is 3. The van der Waals surface area contributed by atoms with Crippen LogP contribution in [0.3, 0.4) is 0 Å². The topological polar surface area (TPSA) is 56.7 Å². The molecule has 0 radical (unpaired) electrons.